The summed E-state index contributed by atoms with van der Waals surface area (Å²) in [5.41, 5.74) is 2.47. The summed E-state index contributed by atoms with van der Waals surface area (Å²) < 4.78 is 28.1. The zero-order valence-corrected chi connectivity index (χ0v) is 13.1. The Morgan fingerprint density at radius 1 is 1.17 bits per heavy atom. The standard InChI is InChI=1S/C12H12BrNO2S2/c1-8-4-3-5-9(2)11(8)14-18(15,16)12-10(13)6-7-17-12/h3-7,14H,1-2H3. The minimum atomic E-state index is -3.52. The Balaban J connectivity index is 2.44. The van der Waals surface area contributed by atoms with Crippen LogP contribution in [0.1, 0.15) is 11.1 Å². The van der Waals surface area contributed by atoms with Crippen LogP contribution in [0.25, 0.3) is 0 Å². The van der Waals surface area contributed by atoms with Crippen LogP contribution in [0.15, 0.2) is 38.3 Å². The Bertz CT molecular complexity index is 657. The van der Waals surface area contributed by atoms with E-state index in [0.717, 1.165) is 11.1 Å². The van der Waals surface area contributed by atoms with Gasteiger partial charge in [0.1, 0.15) is 0 Å². The molecule has 0 fully saturated rings. The lowest BCUT2D eigenvalue weighted by molar-refractivity contribution is 0.602. The van der Waals surface area contributed by atoms with Crippen molar-refractivity contribution in [3.8, 4) is 0 Å². The summed E-state index contributed by atoms with van der Waals surface area (Å²) >= 11 is 4.43. The molecule has 96 valence electrons. The van der Waals surface area contributed by atoms with Crippen LogP contribution in [-0.2, 0) is 10.0 Å². The first-order valence-electron chi connectivity index (χ1n) is 5.24. The fourth-order valence-electron chi connectivity index (χ4n) is 1.63. The Morgan fingerprint density at radius 3 is 2.28 bits per heavy atom. The maximum Gasteiger partial charge on any atom is 0.272 e. The quantitative estimate of drug-likeness (QED) is 0.915. The summed E-state index contributed by atoms with van der Waals surface area (Å²) in [7, 11) is -3.52. The largest absolute Gasteiger partial charge is 0.278 e. The Labute approximate surface area is 119 Å². The van der Waals surface area contributed by atoms with E-state index in [1.165, 1.54) is 11.3 Å². The van der Waals surface area contributed by atoms with Crippen LogP contribution in [0.5, 0.6) is 0 Å². The summed E-state index contributed by atoms with van der Waals surface area (Å²) in [5, 5.41) is 1.74. The fourth-order valence-corrected chi connectivity index (χ4v) is 5.17. The van der Waals surface area contributed by atoms with E-state index in [1.54, 1.807) is 11.4 Å². The molecule has 0 aliphatic carbocycles. The van der Waals surface area contributed by atoms with E-state index >= 15 is 0 Å². The zero-order chi connectivity index (χ0) is 13.3. The van der Waals surface area contributed by atoms with Gasteiger partial charge in [-0.3, -0.25) is 4.72 Å². The minimum absolute atomic E-state index is 0.296. The smallest absolute Gasteiger partial charge is 0.272 e. The second-order valence-electron chi connectivity index (χ2n) is 3.93. The van der Waals surface area contributed by atoms with Gasteiger partial charge < -0.3 is 0 Å². The van der Waals surface area contributed by atoms with Crippen molar-refractivity contribution >= 4 is 43.0 Å². The van der Waals surface area contributed by atoms with Gasteiger partial charge in [0.05, 0.1) is 5.69 Å². The van der Waals surface area contributed by atoms with Gasteiger partial charge in [-0.15, -0.1) is 11.3 Å². The summed E-state index contributed by atoms with van der Waals surface area (Å²) in [6.07, 6.45) is 0. The van der Waals surface area contributed by atoms with Crippen molar-refractivity contribution in [1.82, 2.24) is 0 Å². The number of nitrogens with one attached hydrogen (secondary N) is 1. The van der Waals surface area contributed by atoms with E-state index in [4.69, 9.17) is 0 Å². The average Bonchev–Trinajstić information content (AvgIpc) is 2.71. The van der Waals surface area contributed by atoms with Crippen molar-refractivity contribution in [2.45, 2.75) is 18.1 Å². The topological polar surface area (TPSA) is 46.2 Å². The molecule has 1 aromatic heterocycles. The van der Waals surface area contributed by atoms with Crippen molar-refractivity contribution in [2.75, 3.05) is 4.72 Å². The van der Waals surface area contributed by atoms with Crippen LogP contribution in [-0.4, -0.2) is 8.42 Å². The van der Waals surface area contributed by atoms with E-state index in [9.17, 15) is 8.42 Å². The number of thiophene rings is 1. The summed E-state index contributed by atoms with van der Waals surface area (Å²) in [5.74, 6) is 0. The van der Waals surface area contributed by atoms with Crippen LogP contribution >= 0.6 is 27.3 Å². The molecule has 2 aromatic rings. The number of hydrogen-bond acceptors (Lipinski definition) is 3. The molecule has 0 radical (unpaired) electrons. The molecule has 0 spiro atoms. The van der Waals surface area contributed by atoms with Crippen molar-refractivity contribution in [2.24, 2.45) is 0 Å². The predicted molar refractivity (Wildman–Crippen MR) is 78.7 cm³/mol. The molecular formula is C12H12BrNO2S2. The molecule has 0 aliphatic rings. The van der Waals surface area contributed by atoms with Gasteiger partial charge in [0, 0.05) is 4.47 Å². The molecule has 1 N–H and O–H groups in total. The zero-order valence-electron chi connectivity index (χ0n) is 9.90. The monoisotopic (exact) mass is 345 g/mol. The summed E-state index contributed by atoms with van der Waals surface area (Å²) in [4.78, 5) is 0. The molecule has 0 saturated carbocycles. The van der Waals surface area contributed by atoms with Gasteiger partial charge in [-0.2, -0.15) is 0 Å². The lowest BCUT2D eigenvalue weighted by atomic mass is 10.1. The first-order valence-corrected chi connectivity index (χ1v) is 8.39. The maximum absolute atomic E-state index is 12.3. The van der Waals surface area contributed by atoms with Gasteiger partial charge >= 0.3 is 0 Å². The van der Waals surface area contributed by atoms with Gasteiger partial charge in [-0.25, -0.2) is 8.42 Å². The molecule has 0 aliphatic heterocycles. The van der Waals surface area contributed by atoms with E-state index in [1.807, 2.05) is 32.0 Å². The highest BCUT2D eigenvalue weighted by Gasteiger charge is 2.20. The third-order valence-electron chi connectivity index (χ3n) is 2.55. The van der Waals surface area contributed by atoms with Gasteiger partial charge in [-0.1, -0.05) is 18.2 Å². The fraction of sp³-hybridized carbons (Fsp3) is 0.167. The minimum Gasteiger partial charge on any atom is -0.278 e. The van der Waals surface area contributed by atoms with Gasteiger partial charge in [0.2, 0.25) is 0 Å². The Hall–Kier alpha value is -0.850. The van der Waals surface area contributed by atoms with Crippen molar-refractivity contribution in [3.63, 3.8) is 0 Å². The molecule has 0 bridgehead atoms. The number of rotatable bonds is 3. The number of anilines is 1. The third kappa shape index (κ3) is 2.60. The predicted octanol–water partition coefficient (Wildman–Crippen LogP) is 3.93. The van der Waals surface area contributed by atoms with Crippen molar-refractivity contribution in [1.29, 1.82) is 0 Å². The molecule has 3 nitrogen and oxygen atoms in total. The second-order valence-corrected chi connectivity index (χ2v) is 7.58. The number of hydrogen-bond donors (Lipinski definition) is 1. The first kappa shape index (κ1) is 13.6. The SMILES string of the molecule is Cc1cccc(C)c1NS(=O)(=O)c1sccc1Br. The molecular weight excluding hydrogens is 334 g/mol. The van der Waals surface area contributed by atoms with Gasteiger partial charge in [0.15, 0.2) is 4.21 Å². The van der Waals surface area contributed by atoms with Crippen LogP contribution in [0.4, 0.5) is 5.69 Å². The first-order chi connectivity index (χ1) is 8.42. The lowest BCUT2D eigenvalue weighted by Gasteiger charge is -2.12. The Morgan fingerprint density at radius 2 is 1.78 bits per heavy atom. The normalized spacial score (nSPS) is 11.5. The lowest BCUT2D eigenvalue weighted by Crippen LogP contribution is -2.13. The number of benzene rings is 1. The molecule has 1 aromatic carbocycles. The highest BCUT2D eigenvalue weighted by molar-refractivity contribution is 9.10. The molecule has 18 heavy (non-hydrogen) atoms. The van der Waals surface area contributed by atoms with E-state index < -0.39 is 10.0 Å². The van der Waals surface area contributed by atoms with Crippen LogP contribution < -0.4 is 4.72 Å². The molecule has 0 atom stereocenters. The second kappa shape index (κ2) is 5.03. The van der Waals surface area contributed by atoms with Crippen LogP contribution in [0, 0.1) is 13.8 Å². The number of halogens is 1. The molecule has 0 saturated heterocycles. The van der Waals surface area contributed by atoms with Crippen LogP contribution in [0.3, 0.4) is 0 Å². The number of aryl methyl sites for hydroxylation is 2. The summed E-state index contributed by atoms with van der Waals surface area (Å²) in [6, 6.07) is 7.40. The van der Waals surface area contributed by atoms with E-state index in [2.05, 4.69) is 20.7 Å². The molecule has 2 rings (SSSR count). The van der Waals surface area contributed by atoms with E-state index in [0.29, 0.717) is 14.4 Å². The number of sulfonamides is 1. The molecule has 0 unspecified atom stereocenters. The van der Waals surface area contributed by atoms with Crippen LogP contribution in [0.2, 0.25) is 0 Å². The third-order valence-corrected chi connectivity index (χ3v) is 6.57. The Kier molecular flexibility index (Phi) is 3.79. The highest BCUT2D eigenvalue weighted by Crippen LogP contribution is 2.30. The highest BCUT2D eigenvalue weighted by atomic mass is 79.9. The number of para-hydroxylation sites is 1. The van der Waals surface area contributed by atoms with E-state index in [-0.39, 0.29) is 0 Å². The maximum atomic E-state index is 12.3. The summed E-state index contributed by atoms with van der Waals surface area (Å²) in [6.45, 7) is 3.77. The average molecular weight is 346 g/mol. The molecule has 6 heteroatoms. The molecule has 1 heterocycles. The molecule has 0 amide bonds. The van der Waals surface area contributed by atoms with Crippen molar-refractivity contribution in [3.05, 3.63) is 45.2 Å². The van der Waals surface area contributed by atoms with Gasteiger partial charge in [-0.05, 0) is 52.4 Å². The van der Waals surface area contributed by atoms with Gasteiger partial charge in [0.25, 0.3) is 10.0 Å². The van der Waals surface area contributed by atoms with Crippen molar-refractivity contribution < 1.29 is 8.42 Å².